The van der Waals surface area contributed by atoms with E-state index in [-0.39, 0.29) is 11.8 Å². The molecule has 0 radical (unpaired) electrons. The van der Waals surface area contributed by atoms with Gasteiger partial charge in [0, 0.05) is 24.7 Å². The molecule has 1 aliphatic heterocycles. The van der Waals surface area contributed by atoms with Crippen molar-refractivity contribution in [2.24, 2.45) is 0 Å². The molecule has 5 heteroatoms. The van der Waals surface area contributed by atoms with Crippen molar-refractivity contribution in [1.82, 2.24) is 9.55 Å². The van der Waals surface area contributed by atoms with Crippen LogP contribution in [0.4, 0.5) is 5.69 Å². The summed E-state index contributed by atoms with van der Waals surface area (Å²) in [5.41, 5.74) is 1.78. The zero-order valence-corrected chi connectivity index (χ0v) is 10.8. The molecular formula is C14H17N3O2. The second kappa shape index (κ2) is 4.93. The van der Waals surface area contributed by atoms with Crippen LogP contribution in [0.3, 0.4) is 0 Å². The van der Waals surface area contributed by atoms with Gasteiger partial charge < -0.3 is 15.0 Å². The average molecular weight is 259 g/mol. The highest BCUT2D eigenvalue weighted by atomic mass is 16.5. The minimum absolute atomic E-state index is 0.126. The van der Waals surface area contributed by atoms with Gasteiger partial charge in [-0.05, 0) is 37.6 Å². The summed E-state index contributed by atoms with van der Waals surface area (Å²) >= 11 is 0. The molecule has 0 aliphatic carbocycles. The predicted molar refractivity (Wildman–Crippen MR) is 73.8 cm³/mol. The first-order chi connectivity index (χ1) is 9.24. The Morgan fingerprint density at radius 1 is 1.37 bits per heavy atom. The molecule has 2 heterocycles. The first kappa shape index (κ1) is 12.0. The summed E-state index contributed by atoms with van der Waals surface area (Å²) in [4.78, 5) is 14.1. The Morgan fingerprint density at radius 3 is 2.74 bits per heavy atom. The van der Waals surface area contributed by atoms with Gasteiger partial charge in [0.2, 0.25) is 0 Å². The van der Waals surface area contributed by atoms with Gasteiger partial charge in [0.1, 0.15) is 0 Å². The number of aromatic amines is 1. The molecule has 1 saturated heterocycles. The summed E-state index contributed by atoms with van der Waals surface area (Å²) in [6.45, 7) is 2.90. The monoisotopic (exact) mass is 259 g/mol. The van der Waals surface area contributed by atoms with Crippen LogP contribution in [0.1, 0.15) is 13.3 Å². The number of ether oxygens (including phenoxy) is 1. The number of anilines is 1. The van der Waals surface area contributed by atoms with E-state index in [0.717, 1.165) is 24.4 Å². The molecule has 2 N–H and O–H groups in total. The van der Waals surface area contributed by atoms with Crippen LogP contribution in [0.15, 0.2) is 41.5 Å². The fourth-order valence-corrected chi connectivity index (χ4v) is 2.38. The van der Waals surface area contributed by atoms with Crippen molar-refractivity contribution in [3.8, 4) is 5.69 Å². The van der Waals surface area contributed by atoms with Crippen molar-refractivity contribution >= 4 is 5.69 Å². The molecule has 2 atom stereocenters. The number of hydrogen-bond acceptors (Lipinski definition) is 3. The van der Waals surface area contributed by atoms with Gasteiger partial charge in [-0.15, -0.1) is 0 Å². The third-order valence-electron chi connectivity index (χ3n) is 3.52. The Balaban J connectivity index is 1.76. The van der Waals surface area contributed by atoms with Gasteiger partial charge in [-0.2, -0.15) is 0 Å². The highest BCUT2D eigenvalue weighted by Gasteiger charge is 2.23. The molecule has 1 aliphatic rings. The number of aromatic nitrogens is 2. The summed E-state index contributed by atoms with van der Waals surface area (Å²) < 4.78 is 7.10. The summed E-state index contributed by atoms with van der Waals surface area (Å²) in [5.74, 6) is 0. The predicted octanol–water partition coefficient (Wildman–Crippen LogP) is 1.75. The molecule has 2 unspecified atom stereocenters. The quantitative estimate of drug-likeness (QED) is 0.883. The SMILES string of the molecule is CC1OCCC1Nc1ccc(-n2cc[nH]c2=O)cc1. The topological polar surface area (TPSA) is 59.0 Å². The number of nitrogens with one attached hydrogen (secondary N) is 2. The van der Waals surface area contributed by atoms with Gasteiger partial charge in [-0.1, -0.05) is 0 Å². The molecule has 5 nitrogen and oxygen atoms in total. The lowest BCUT2D eigenvalue weighted by molar-refractivity contribution is 0.121. The van der Waals surface area contributed by atoms with Gasteiger partial charge in [0.15, 0.2) is 0 Å². The molecule has 3 rings (SSSR count). The molecule has 2 aromatic rings. The Hall–Kier alpha value is -2.01. The second-order valence-electron chi connectivity index (χ2n) is 4.80. The minimum atomic E-state index is -0.126. The first-order valence-corrected chi connectivity index (χ1v) is 6.48. The maximum Gasteiger partial charge on any atom is 0.330 e. The van der Waals surface area contributed by atoms with Crippen LogP contribution in [0, 0.1) is 0 Å². The lowest BCUT2D eigenvalue weighted by Crippen LogP contribution is -2.26. The number of benzene rings is 1. The Bertz CT molecular complexity index is 600. The van der Waals surface area contributed by atoms with Crippen LogP contribution in [0.2, 0.25) is 0 Å². The lowest BCUT2D eigenvalue weighted by atomic mass is 10.1. The lowest BCUT2D eigenvalue weighted by Gasteiger charge is -2.17. The molecule has 1 fully saturated rings. The maximum absolute atomic E-state index is 11.5. The van der Waals surface area contributed by atoms with Gasteiger partial charge in [0.05, 0.1) is 17.8 Å². The Labute approximate surface area is 111 Å². The highest BCUT2D eigenvalue weighted by Crippen LogP contribution is 2.19. The van der Waals surface area contributed by atoms with Crippen LogP contribution >= 0.6 is 0 Å². The van der Waals surface area contributed by atoms with E-state index in [9.17, 15) is 4.79 Å². The summed E-state index contributed by atoms with van der Waals surface area (Å²) in [6.07, 6.45) is 4.62. The average Bonchev–Trinajstić information content (AvgIpc) is 3.00. The third-order valence-corrected chi connectivity index (χ3v) is 3.52. The van der Waals surface area contributed by atoms with E-state index in [4.69, 9.17) is 4.74 Å². The molecular weight excluding hydrogens is 242 g/mol. The summed E-state index contributed by atoms with van der Waals surface area (Å²) in [5, 5.41) is 3.46. The van der Waals surface area contributed by atoms with Crippen LogP contribution in [0.5, 0.6) is 0 Å². The minimum Gasteiger partial charge on any atom is -0.380 e. The normalized spacial score (nSPS) is 22.6. The molecule has 0 saturated carbocycles. The van der Waals surface area contributed by atoms with Crippen LogP contribution < -0.4 is 11.0 Å². The molecule has 0 amide bonds. The Kier molecular flexibility index (Phi) is 3.13. The molecule has 1 aromatic heterocycles. The summed E-state index contributed by atoms with van der Waals surface area (Å²) in [6, 6.07) is 8.19. The molecule has 19 heavy (non-hydrogen) atoms. The van der Waals surface area contributed by atoms with Crippen molar-refractivity contribution < 1.29 is 4.74 Å². The number of H-pyrrole nitrogens is 1. The molecule has 100 valence electrons. The largest absolute Gasteiger partial charge is 0.380 e. The van der Waals surface area contributed by atoms with Crippen molar-refractivity contribution in [3.05, 3.63) is 47.1 Å². The van der Waals surface area contributed by atoms with Gasteiger partial charge >= 0.3 is 5.69 Å². The van der Waals surface area contributed by atoms with Crippen LogP contribution in [-0.4, -0.2) is 28.3 Å². The van der Waals surface area contributed by atoms with E-state index in [1.54, 1.807) is 17.0 Å². The van der Waals surface area contributed by atoms with E-state index in [2.05, 4.69) is 17.2 Å². The van der Waals surface area contributed by atoms with E-state index in [1.807, 2.05) is 24.3 Å². The number of nitrogens with zero attached hydrogens (tertiary/aromatic N) is 1. The van der Waals surface area contributed by atoms with Gasteiger partial charge in [0.25, 0.3) is 0 Å². The zero-order chi connectivity index (χ0) is 13.2. The van der Waals surface area contributed by atoms with E-state index >= 15 is 0 Å². The maximum atomic E-state index is 11.5. The number of hydrogen-bond donors (Lipinski definition) is 2. The van der Waals surface area contributed by atoms with Crippen molar-refractivity contribution in [1.29, 1.82) is 0 Å². The van der Waals surface area contributed by atoms with Gasteiger partial charge in [-0.3, -0.25) is 4.57 Å². The first-order valence-electron chi connectivity index (χ1n) is 6.48. The Morgan fingerprint density at radius 2 is 2.16 bits per heavy atom. The zero-order valence-electron chi connectivity index (χ0n) is 10.8. The molecule has 0 spiro atoms. The van der Waals surface area contributed by atoms with Crippen LogP contribution in [-0.2, 0) is 4.74 Å². The fraction of sp³-hybridized carbons (Fsp3) is 0.357. The number of rotatable bonds is 3. The van der Waals surface area contributed by atoms with Crippen LogP contribution in [0.25, 0.3) is 5.69 Å². The molecule has 1 aromatic carbocycles. The smallest absolute Gasteiger partial charge is 0.330 e. The van der Waals surface area contributed by atoms with Crippen molar-refractivity contribution in [3.63, 3.8) is 0 Å². The van der Waals surface area contributed by atoms with E-state index in [0.29, 0.717) is 6.04 Å². The summed E-state index contributed by atoms with van der Waals surface area (Å²) in [7, 11) is 0. The highest BCUT2D eigenvalue weighted by molar-refractivity contribution is 5.49. The van der Waals surface area contributed by atoms with E-state index in [1.165, 1.54) is 0 Å². The standard InChI is InChI=1S/C14H17N3O2/c1-10-13(6-9-19-10)16-11-2-4-12(5-3-11)17-8-7-15-14(17)18/h2-5,7-8,10,13,16H,6,9H2,1H3,(H,15,18). The second-order valence-corrected chi connectivity index (χ2v) is 4.80. The van der Waals surface area contributed by atoms with Gasteiger partial charge in [-0.25, -0.2) is 4.79 Å². The van der Waals surface area contributed by atoms with Crippen molar-refractivity contribution in [2.75, 3.05) is 11.9 Å². The fourth-order valence-electron chi connectivity index (χ4n) is 2.38. The third kappa shape index (κ3) is 2.42. The van der Waals surface area contributed by atoms with E-state index < -0.39 is 0 Å². The molecule has 0 bridgehead atoms. The van der Waals surface area contributed by atoms with Crippen molar-refractivity contribution in [2.45, 2.75) is 25.5 Å². The number of imidazole rings is 1.